The number of guanidine groups is 1. The van der Waals surface area contributed by atoms with Crippen LogP contribution in [0.15, 0.2) is 29.3 Å². The van der Waals surface area contributed by atoms with Crippen LogP contribution in [0, 0.1) is 5.82 Å². The molecule has 1 saturated heterocycles. The number of benzene rings is 1. The van der Waals surface area contributed by atoms with Gasteiger partial charge in [0.1, 0.15) is 24.2 Å². The number of aliphatic imine (C=N–C) groups is 1. The standard InChI is InChI=1S/C19H29FN4O2/c1-3-21-19(23-14-18(25)24-10-5-4-6-11-24)22-13-15(2)26-17-9-7-8-16(20)12-17/h7-9,12,15H,3-6,10-11,13-14H2,1-2H3,(H2,21,22,23). The lowest BCUT2D eigenvalue weighted by Gasteiger charge is -2.26. The number of piperidine rings is 1. The molecule has 144 valence electrons. The Hall–Kier alpha value is -2.31. The van der Waals surface area contributed by atoms with Crippen molar-refractivity contribution in [1.29, 1.82) is 0 Å². The first kappa shape index (κ1) is 20.0. The molecule has 0 aliphatic carbocycles. The summed E-state index contributed by atoms with van der Waals surface area (Å²) in [4.78, 5) is 18.5. The van der Waals surface area contributed by atoms with Crippen LogP contribution in [0.1, 0.15) is 33.1 Å². The Morgan fingerprint density at radius 1 is 1.31 bits per heavy atom. The van der Waals surface area contributed by atoms with Crippen LogP contribution >= 0.6 is 0 Å². The van der Waals surface area contributed by atoms with Crippen molar-refractivity contribution in [2.24, 2.45) is 4.99 Å². The summed E-state index contributed by atoms with van der Waals surface area (Å²) in [7, 11) is 0. The monoisotopic (exact) mass is 364 g/mol. The molecule has 0 radical (unpaired) electrons. The highest BCUT2D eigenvalue weighted by molar-refractivity contribution is 5.85. The van der Waals surface area contributed by atoms with Gasteiger partial charge >= 0.3 is 0 Å². The van der Waals surface area contributed by atoms with E-state index in [1.54, 1.807) is 12.1 Å². The predicted octanol–water partition coefficient (Wildman–Crippen LogP) is 2.16. The molecule has 1 aliphatic rings. The maximum atomic E-state index is 13.2. The predicted molar refractivity (Wildman–Crippen MR) is 101 cm³/mol. The molecular weight excluding hydrogens is 335 g/mol. The summed E-state index contributed by atoms with van der Waals surface area (Å²) >= 11 is 0. The normalized spacial score (nSPS) is 16.1. The highest BCUT2D eigenvalue weighted by Gasteiger charge is 2.16. The van der Waals surface area contributed by atoms with E-state index in [9.17, 15) is 9.18 Å². The number of nitrogens with zero attached hydrogens (tertiary/aromatic N) is 2. The zero-order valence-electron chi connectivity index (χ0n) is 15.6. The van der Waals surface area contributed by atoms with Crippen molar-refractivity contribution in [3.8, 4) is 5.75 Å². The maximum absolute atomic E-state index is 13.2. The van der Waals surface area contributed by atoms with Gasteiger partial charge in [-0.05, 0) is 45.2 Å². The molecule has 26 heavy (non-hydrogen) atoms. The molecule has 1 fully saturated rings. The van der Waals surface area contributed by atoms with Crippen LogP contribution in [-0.4, -0.2) is 55.6 Å². The van der Waals surface area contributed by atoms with Gasteiger partial charge in [0.2, 0.25) is 5.91 Å². The van der Waals surface area contributed by atoms with Gasteiger partial charge in [-0.25, -0.2) is 9.38 Å². The zero-order valence-corrected chi connectivity index (χ0v) is 15.6. The largest absolute Gasteiger partial charge is 0.489 e. The van der Waals surface area contributed by atoms with E-state index in [0.29, 0.717) is 24.8 Å². The van der Waals surface area contributed by atoms with E-state index in [1.807, 2.05) is 18.7 Å². The molecule has 1 aromatic carbocycles. The highest BCUT2D eigenvalue weighted by Crippen LogP contribution is 2.13. The summed E-state index contributed by atoms with van der Waals surface area (Å²) in [5, 5.41) is 6.28. The minimum absolute atomic E-state index is 0.0611. The SMILES string of the molecule is CCNC(=NCC(=O)N1CCCCC1)NCC(C)Oc1cccc(F)c1. The second-order valence-corrected chi connectivity index (χ2v) is 6.40. The Balaban J connectivity index is 1.81. The molecule has 1 aromatic rings. The van der Waals surface area contributed by atoms with Crippen molar-refractivity contribution in [3.05, 3.63) is 30.1 Å². The molecule has 0 spiro atoms. The Morgan fingerprint density at radius 2 is 2.08 bits per heavy atom. The van der Waals surface area contributed by atoms with Gasteiger partial charge < -0.3 is 20.3 Å². The third kappa shape index (κ3) is 6.90. The summed E-state index contributed by atoms with van der Waals surface area (Å²) < 4.78 is 18.9. The average molecular weight is 364 g/mol. The summed E-state index contributed by atoms with van der Waals surface area (Å²) in [6, 6.07) is 6.07. The third-order valence-electron chi connectivity index (χ3n) is 4.12. The first-order valence-electron chi connectivity index (χ1n) is 9.30. The molecule has 1 aliphatic heterocycles. The van der Waals surface area contributed by atoms with Gasteiger partial charge in [0.25, 0.3) is 0 Å². The summed E-state index contributed by atoms with van der Waals surface area (Å²) in [6.07, 6.45) is 3.16. The van der Waals surface area contributed by atoms with Gasteiger partial charge in [0.05, 0.1) is 6.54 Å². The number of carbonyl (C=O) groups is 1. The number of nitrogens with one attached hydrogen (secondary N) is 2. The Bertz CT molecular complexity index is 603. The molecule has 6 nitrogen and oxygen atoms in total. The second-order valence-electron chi connectivity index (χ2n) is 6.40. The van der Waals surface area contributed by atoms with Gasteiger partial charge in [0.15, 0.2) is 5.96 Å². The van der Waals surface area contributed by atoms with E-state index in [4.69, 9.17) is 4.74 Å². The molecule has 0 aromatic heterocycles. The van der Waals surface area contributed by atoms with Gasteiger partial charge in [-0.15, -0.1) is 0 Å². The van der Waals surface area contributed by atoms with E-state index < -0.39 is 0 Å². The quantitative estimate of drug-likeness (QED) is 0.575. The van der Waals surface area contributed by atoms with Crippen LogP contribution in [0.25, 0.3) is 0 Å². The fourth-order valence-electron chi connectivity index (χ4n) is 2.79. The molecule has 2 rings (SSSR count). The lowest BCUT2D eigenvalue weighted by molar-refractivity contribution is -0.130. The van der Waals surface area contributed by atoms with Crippen LogP contribution in [0.4, 0.5) is 4.39 Å². The summed E-state index contributed by atoms with van der Waals surface area (Å²) in [5.41, 5.74) is 0. The van der Waals surface area contributed by atoms with E-state index in [0.717, 1.165) is 25.9 Å². The van der Waals surface area contributed by atoms with E-state index in [1.165, 1.54) is 18.6 Å². The third-order valence-corrected chi connectivity index (χ3v) is 4.12. The van der Waals surface area contributed by atoms with Crippen molar-refractivity contribution in [3.63, 3.8) is 0 Å². The van der Waals surface area contributed by atoms with Crippen molar-refractivity contribution >= 4 is 11.9 Å². The fourth-order valence-corrected chi connectivity index (χ4v) is 2.79. The molecular formula is C19H29FN4O2. The number of rotatable bonds is 7. The molecule has 1 amide bonds. The Kier molecular flexibility index (Phi) is 8.18. The van der Waals surface area contributed by atoms with E-state index >= 15 is 0 Å². The fraction of sp³-hybridized carbons (Fsp3) is 0.579. The number of halogens is 1. The van der Waals surface area contributed by atoms with Gasteiger partial charge in [-0.1, -0.05) is 6.07 Å². The Labute approximate surface area is 154 Å². The molecule has 7 heteroatoms. The van der Waals surface area contributed by atoms with Crippen LogP contribution in [-0.2, 0) is 4.79 Å². The molecule has 1 unspecified atom stereocenters. The van der Waals surface area contributed by atoms with Crippen molar-refractivity contribution in [2.75, 3.05) is 32.7 Å². The molecule has 0 bridgehead atoms. The average Bonchev–Trinajstić information content (AvgIpc) is 2.64. The smallest absolute Gasteiger partial charge is 0.244 e. The number of ether oxygens (including phenoxy) is 1. The van der Waals surface area contributed by atoms with Crippen molar-refractivity contribution in [2.45, 2.75) is 39.2 Å². The molecule has 1 atom stereocenters. The minimum Gasteiger partial charge on any atom is -0.489 e. The van der Waals surface area contributed by atoms with Gasteiger partial charge in [-0.2, -0.15) is 0 Å². The summed E-state index contributed by atoms with van der Waals surface area (Å²) in [6.45, 7) is 6.84. The number of hydrogen-bond donors (Lipinski definition) is 2. The van der Waals surface area contributed by atoms with Crippen molar-refractivity contribution < 1.29 is 13.9 Å². The number of hydrogen-bond acceptors (Lipinski definition) is 3. The lowest BCUT2D eigenvalue weighted by atomic mass is 10.1. The van der Waals surface area contributed by atoms with Gasteiger partial charge in [0, 0.05) is 25.7 Å². The Morgan fingerprint density at radius 3 is 2.77 bits per heavy atom. The first-order valence-corrected chi connectivity index (χ1v) is 9.30. The van der Waals surface area contributed by atoms with Crippen LogP contribution < -0.4 is 15.4 Å². The van der Waals surface area contributed by atoms with E-state index in [2.05, 4.69) is 15.6 Å². The van der Waals surface area contributed by atoms with Crippen LogP contribution in [0.3, 0.4) is 0 Å². The van der Waals surface area contributed by atoms with Crippen molar-refractivity contribution in [1.82, 2.24) is 15.5 Å². The van der Waals surface area contributed by atoms with Gasteiger partial charge in [-0.3, -0.25) is 4.79 Å². The second kappa shape index (κ2) is 10.6. The maximum Gasteiger partial charge on any atom is 0.244 e. The van der Waals surface area contributed by atoms with Crippen LogP contribution in [0.2, 0.25) is 0 Å². The topological polar surface area (TPSA) is 66.0 Å². The minimum atomic E-state index is -0.325. The molecule has 1 heterocycles. The lowest BCUT2D eigenvalue weighted by Crippen LogP contribution is -2.43. The van der Waals surface area contributed by atoms with E-state index in [-0.39, 0.29) is 24.4 Å². The summed E-state index contributed by atoms with van der Waals surface area (Å²) in [5.74, 6) is 0.800. The highest BCUT2D eigenvalue weighted by atomic mass is 19.1. The molecule has 0 saturated carbocycles. The number of amides is 1. The number of carbonyl (C=O) groups excluding carboxylic acids is 1. The van der Waals surface area contributed by atoms with Crippen LogP contribution in [0.5, 0.6) is 5.75 Å². The first-order chi connectivity index (χ1) is 12.6. The molecule has 2 N–H and O–H groups in total. The zero-order chi connectivity index (χ0) is 18.8. The number of likely N-dealkylation sites (tertiary alicyclic amines) is 1.